The summed E-state index contributed by atoms with van der Waals surface area (Å²) in [6.07, 6.45) is 2.81. The molecule has 0 radical (unpaired) electrons. The van der Waals surface area contributed by atoms with Gasteiger partial charge in [-0.1, -0.05) is 23.7 Å². The summed E-state index contributed by atoms with van der Waals surface area (Å²) in [5, 5.41) is 9.41. The zero-order valence-electron chi connectivity index (χ0n) is 17.6. The number of benzene rings is 1. The molecular formula is C22H21ClN6O2S. The lowest BCUT2D eigenvalue weighted by molar-refractivity contribution is 0.539. The molecule has 1 atom stereocenters. The molecule has 1 aromatic carbocycles. The average Bonchev–Trinajstić information content (AvgIpc) is 2.78. The van der Waals surface area contributed by atoms with Crippen molar-refractivity contribution in [2.75, 3.05) is 35.7 Å². The lowest BCUT2D eigenvalue weighted by Gasteiger charge is -2.41. The van der Waals surface area contributed by atoms with Gasteiger partial charge in [-0.15, -0.1) is 0 Å². The second-order valence-electron chi connectivity index (χ2n) is 7.65. The molecule has 164 valence electrons. The van der Waals surface area contributed by atoms with E-state index in [1.54, 1.807) is 42.6 Å². The van der Waals surface area contributed by atoms with E-state index in [2.05, 4.69) is 30.8 Å². The molecule has 1 saturated heterocycles. The van der Waals surface area contributed by atoms with Gasteiger partial charge in [0.2, 0.25) is 15.0 Å². The fourth-order valence-corrected chi connectivity index (χ4v) is 4.45. The summed E-state index contributed by atoms with van der Waals surface area (Å²) in [5.74, 6) is 1.28. The summed E-state index contributed by atoms with van der Waals surface area (Å²) < 4.78 is 24.6. The van der Waals surface area contributed by atoms with E-state index in [9.17, 15) is 8.42 Å². The van der Waals surface area contributed by atoms with Crippen LogP contribution in [0.1, 0.15) is 12.5 Å². The molecule has 0 saturated carbocycles. The van der Waals surface area contributed by atoms with E-state index in [-0.39, 0.29) is 11.2 Å². The van der Waals surface area contributed by atoms with Gasteiger partial charge < -0.3 is 9.80 Å². The largest absolute Gasteiger partial charge is 0.352 e. The van der Waals surface area contributed by atoms with Crippen molar-refractivity contribution in [3.05, 3.63) is 59.2 Å². The number of hydrogen-bond donors (Lipinski definition) is 0. The second kappa shape index (κ2) is 8.73. The van der Waals surface area contributed by atoms with Crippen LogP contribution in [0.2, 0.25) is 5.02 Å². The maximum Gasteiger partial charge on any atom is 0.249 e. The Morgan fingerprint density at radius 3 is 2.53 bits per heavy atom. The zero-order valence-corrected chi connectivity index (χ0v) is 19.2. The molecular weight excluding hydrogens is 448 g/mol. The minimum atomic E-state index is -3.62. The molecule has 0 bridgehead atoms. The monoisotopic (exact) mass is 468 g/mol. The lowest BCUT2D eigenvalue weighted by atomic mass is 10.1. The van der Waals surface area contributed by atoms with E-state index in [0.717, 1.165) is 12.1 Å². The van der Waals surface area contributed by atoms with Crippen molar-refractivity contribution < 1.29 is 8.42 Å². The first kappa shape index (κ1) is 22.0. The van der Waals surface area contributed by atoms with Gasteiger partial charge in [0, 0.05) is 49.8 Å². The lowest BCUT2D eigenvalue weighted by Crippen LogP contribution is -2.52. The topological polar surface area (TPSA) is 103 Å². The van der Waals surface area contributed by atoms with Crippen LogP contribution in [0, 0.1) is 11.3 Å². The number of aromatic nitrogens is 3. The van der Waals surface area contributed by atoms with Crippen LogP contribution in [0.5, 0.6) is 0 Å². The molecule has 0 spiro atoms. The van der Waals surface area contributed by atoms with Crippen molar-refractivity contribution in [1.82, 2.24) is 15.0 Å². The van der Waals surface area contributed by atoms with E-state index < -0.39 is 9.84 Å². The van der Waals surface area contributed by atoms with Gasteiger partial charge in [-0.3, -0.25) is 0 Å². The van der Waals surface area contributed by atoms with Crippen LogP contribution in [0.3, 0.4) is 0 Å². The fraction of sp³-hybridized carbons (Fsp3) is 0.273. The number of sulfone groups is 1. The summed E-state index contributed by atoms with van der Waals surface area (Å²) in [5.41, 5.74) is 1.72. The van der Waals surface area contributed by atoms with Crippen LogP contribution in [-0.4, -0.2) is 55.3 Å². The molecule has 3 heterocycles. The highest BCUT2D eigenvalue weighted by atomic mass is 35.5. The molecule has 10 heteroatoms. The molecule has 1 fully saturated rings. The second-order valence-corrected chi connectivity index (χ2v) is 9.97. The molecule has 0 aliphatic carbocycles. The van der Waals surface area contributed by atoms with Crippen LogP contribution < -0.4 is 9.80 Å². The Hall–Kier alpha value is -3.22. The van der Waals surface area contributed by atoms with E-state index in [1.165, 1.54) is 0 Å². The first-order valence-corrected chi connectivity index (χ1v) is 12.2. The SMILES string of the molecule is C[C@@H]1CN(c2ncccc2Cl)CCN1c1cc(-c2ccc(C#N)cc2)nc(S(C)(=O)=O)n1. The summed E-state index contributed by atoms with van der Waals surface area (Å²) in [7, 11) is -3.62. The molecule has 1 aliphatic heterocycles. The van der Waals surface area contributed by atoms with E-state index in [0.29, 0.717) is 47.3 Å². The third-order valence-electron chi connectivity index (χ3n) is 5.29. The van der Waals surface area contributed by atoms with Crippen molar-refractivity contribution >= 4 is 33.1 Å². The first-order chi connectivity index (χ1) is 15.3. The molecule has 2 aromatic heterocycles. The van der Waals surface area contributed by atoms with Crippen molar-refractivity contribution in [2.24, 2.45) is 0 Å². The third kappa shape index (κ3) is 4.52. The van der Waals surface area contributed by atoms with E-state index >= 15 is 0 Å². The van der Waals surface area contributed by atoms with Gasteiger partial charge in [-0.2, -0.15) is 5.26 Å². The molecule has 0 unspecified atom stereocenters. The number of rotatable bonds is 4. The Bertz CT molecular complexity index is 1290. The average molecular weight is 469 g/mol. The van der Waals surface area contributed by atoms with Crippen LogP contribution >= 0.6 is 11.6 Å². The number of halogens is 1. The van der Waals surface area contributed by atoms with Gasteiger partial charge in [0.15, 0.2) is 0 Å². The summed E-state index contributed by atoms with van der Waals surface area (Å²) in [6.45, 7) is 3.97. The molecule has 1 aliphatic rings. The minimum absolute atomic E-state index is 0.0259. The first-order valence-electron chi connectivity index (χ1n) is 9.98. The highest BCUT2D eigenvalue weighted by Gasteiger charge is 2.28. The number of nitriles is 1. The van der Waals surface area contributed by atoms with Gasteiger partial charge in [0.05, 0.1) is 22.3 Å². The Morgan fingerprint density at radius 2 is 1.91 bits per heavy atom. The number of nitrogens with zero attached hydrogens (tertiary/aromatic N) is 6. The van der Waals surface area contributed by atoms with Gasteiger partial charge in [-0.05, 0) is 31.2 Å². The van der Waals surface area contributed by atoms with Crippen molar-refractivity contribution in [2.45, 2.75) is 18.1 Å². The molecule has 3 aromatic rings. The number of pyridine rings is 1. The summed E-state index contributed by atoms with van der Waals surface area (Å²) >= 11 is 6.31. The van der Waals surface area contributed by atoms with Crippen LogP contribution in [-0.2, 0) is 9.84 Å². The fourth-order valence-electron chi connectivity index (χ4n) is 3.69. The van der Waals surface area contributed by atoms with Crippen molar-refractivity contribution in [3.63, 3.8) is 0 Å². The van der Waals surface area contributed by atoms with Crippen molar-refractivity contribution in [3.8, 4) is 17.3 Å². The predicted molar refractivity (Wildman–Crippen MR) is 124 cm³/mol. The van der Waals surface area contributed by atoms with Crippen LogP contribution in [0.15, 0.2) is 53.8 Å². The maximum atomic E-state index is 12.3. The van der Waals surface area contributed by atoms with Gasteiger partial charge >= 0.3 is 0 Å². The number of anilines is 2. The Morgan fingerprint density at radius 1 is 1.16 bits per heavy atom. The Labute approximate surface area is 192 Å². The standard InChI is InChI=1S/C22H21ClN6O2S/c1-15-14-28(21-18(23)4-3-9-25-21)10-11-29(15)20-12-19(26-22(27-20)32(2,30)31)17-7-5-16(13-24)6-8-17/h3-9,12,15H,10-11,14H2,1-2H3/t15-/m1/s1. The highest BCUT2D eigenvalue weighted by molar-refractivity contribution is 7.90. The van der Waals surface area contributed by atoms with E-state index in [4.69, 9.17) is 16.9 Å². The van der Waals surface area contributed by atoms with E-state index in [1.807, 2.05) is 13.0 Å². The number of hydrogen-bond acceptors (Lipinski definition) is 8. The Balaban J connectivity index is 1.68. The van der Waals surface area contributed by atoms with Gasteiger partial charge in [0.25, 0.3) is 0 Å². The van der Waals surface area contributed by atoms with Crippen molar-refractivity contribution in [1.29, 1.82) is 5.26 Å². The molecule has 0 N–H and O–H groups in total. The Kier molecular flexibility index (Phi) is 6.00. The van der Waals surface area contributed by atoms with Crippen LogP contribution in [0.4, 0.5) is 11.6 Å². The maximum absolute atomic E-state index is 12.3. The third-order valence-corrected chi connectivity index (χ3v) is 6.43. The smallest absolute Gasteiger partial charge is 0.249 e. The summed E-state index contributed by atoms with van der Waals surface area (Å²) in [6, 6.07) is 14.4. The van der Waals surface area contributed by atoms with Gasteiger partial charge in [-0.25, -0.2) is 23.4 Å². The minimum Gasteiger partial charge on any atom is -0.352 e. The molecule has 8 nitrogen and oxygen atoms in total. The zero-order chi connectivity index (χ0) is 22.9. The van der Waals surface area contributed by atoms with Gasteiger partial charge in [0.1, 0.15) is 11.6 Å². The summed E-state index contributed by atoms with van der Waals surface area (Å²) in [4.78, 5) is 17.2. The predicted octanol–water partition coefficient (Wildman–Crippen LogP) is 3.18. The normalized spacial score (nSPS) is 16.6. The highest BCUT2D eigenvalue weighted by Crippen LogP contribution is 2.29. The quantitative estimate of drug-likeness (QED) is 0.538. The van der Waals surface area contributed by atoms with Crippen LogP contribution in [0.25, 0.3) is 11.3 Å². The number of piperazine rings is 1. The molecule has 32 heavy (non-hydrogen) atoms. The molecule has 4 rings (SSSR count). The molecule has 0 amide bonds.